The fourth-order valence-electron chi connectivity index (χ4n) is 5.33. The summed E-state index contributed by atoms with van der Waals surface area (Å²) in [6, 6.07) is 17.5. The topological polar surface area (TPSA) is 75.0 Å². The highest BCUT2D eigenvalue weighted by Crippen LogP contribution is 2.44. The minimum Gasteiger partial charge on any atom is -0.455 e. The van der Waals surface area contributed by atoms with Gasteiger partial charge in [-0.1, -0.05) is 48.5 Å². The number of furan rings is 1. The third-order valence-corrected chi connectivity index (χ3v) is 7.19. The molecule has 0 radical (unpaired) electrons. The lowest BCUT2D eigenvalue weighted by Gasteiger charge is -2.17. The van der Waals surface area contributed by atoms with Crippen molar-refractivity contribution in [1.29, 1.82) is 0 Å². The monoisotopic (exact) mass is 496 g/mol. The van der Waals surface area contributed by atoms with E-state index in [4.69, 9.17) is 18.6 Å². The molecule has 0 amide bonds. The third-order valence-electron chi connectivity index (χ3n) is 7.19. The second-order valence-corrected chi connectivity index (χ2v) is 10.2. The van der Waals surface area contributed by atoms with Crippen LogP contribution in [0.25, 0.3) is 33.4 Å². The number of ketones is 2. The van der Waals surface area contributed by atoms with Gasteiger partial charge in [-0.25, -0.2) is 0 Å². The van der Waals surface area contributed by atoms with E-state index in [0.29, 0.717) is 53.6 Å². The van der Waals surface area contributed by atoms with E-state index in [9.17, 15) is 9.59 Å². The lowest BCUT2D eigenvalue weighted by atomic mass is 9.83. The molecule has 1 aliphatic carbocycles. The van der Waals surface area contributed by atoms with Gasteiger partial charge in [-0.05, 0) is 55.7 Å². The van der Waals surface area contributed by atoms with Crippen molar-refractivity contribution < 1.29 is 28.2 Å². The van der Waals surface area contributed by atoms with Crippen LogP contribution in [0.2, 0.25) is 0 Å². The van der Waals surface area contributed by atoms with Crippen LogP contribution in [-0.4, -0.2) is 36.7 Å². The lowest BCUT2D eigenvalue weighted by molar-refractivity contribution is -0.145. The zero-order chi connectivity index (χ0) is 25.9. The van der Waals surface area contributed by atoms with Crippen molar-refractivity contribution >= 4 is 22.3 Å². The normalized spacial score (nSPS) is 18.3. The van der Waals surface area contributed by atoms with Gasteiger partial charge in [0.2, 0.25) is 11.6 Å². The standard InChI is InChI=1S/C31H28O6/c1-17-6-5-7-23-22(17)12-13-24-26(23)28(33)27(32)25-18(2)29(36-30(24)25)20-10-8-19(9-11-20)14-34-15-21-16-35-31(3,4)37-21/h5-13,21H,14-16H2,1-4H3. The van der Waals surface area contributed by atoms with Crippen molar-refractivity contribution in [3.63, 3.8) is 0 Å². The molecule has 6 heteroatoms. The minimum absolute atomic E-state index is 0.0736. The van der Waals surface area contributed by atoms with Crippen LogP contribution >= 0.6 is 0 Å². The van der Waals surface area contributed by atoms with Crippen molar-refractivity contribution in [3.05, 3.63) is 82.4 Å². The first kappa shape index (κ1) is 23.8. The molecule has 1 aromatic heterocycles. The predicted octanol–water partition coefficient (Wildman–Crippen LogP) is 6.43. The van der Waals surface area contributed by atoms with E-state index < -0.39 is 17.4 Å². The van der Waals surface area contributed by atoms with Gasteiger partial charge in [0, 0.05) is 22.3 Å². The van der Waals surface area contributed by atoms with Gasteiger partial charge in [0.15, 0.2) is 5.79 Å². The smallest absolute Gasteiger partial charge is 0.237 e. The van der Waals surface area contributed by atoms with E-state index in [1.807, 2.05) is 82.3 Å². The van der Waals surface area contributed by atoms with Crippen LogP contribution < -0.4 is 0 Å². The van der Waals surface area contributed by atoms with Gasteiger partial charge in [-0.2, -0.15) is 0 Å². The fourth-order valence-corrected chi connectivity index (χ4v) is 5.33. The number of benzene rings is 3. The molecule has 6 nitrogen and oxygen atoms in total. The van der Waals surface area contributed by atoms with E-state index in [2.05, 4.69) is 0 Å². The number of fused-ring (bicyclic) bond motifs is 5. The van der Waals surface area contributed by atoms with Crippen molar-refractivity contribution in [3.8, 4) is 22.6 Å². The van der Waals surface area contributed by atoms with Crippen LogP contribution in [0.15, 0.2) is 59.0 Å². The van der Waals surface area contributed by atoms with E-state index in [1.54, 1.807) is 0 Å². The van der Waals surface area contributed by atoms with Gasteiger partial charge < -0.3 is 18.6 Å². The summed E-state index contributed by atoms with van der Waals surface area (Å²) in [5, 5.41) is 1.74. The van der Waals surface area contributed by atoms with Gasteiger partial charge in [-0.3, -0.25) is 9.59 Å². The summed E-state index contributed by atoms with van der Waals surface area (Å²) in [6.45, 7) is 9.04. The van der Waals surface area contributed by atoms with Crippen LogP contribution in [0.1, 0.15) is 51.3 Å². The van der Waals surface area contributed by atoms with Gasteiger partial charge >= 0.3 is 0 Å². The van der Waals surface area contributed by atoms with E-state index in [-0.39, 0.29) is 6.10 Å². The quantitative estimate of drug-likeness (QED) is 0.296. The molecule has 4 aromatic rings. The number of hydrogen-bond acceptors (Lipinski definition) is 6. The maximum Gasteiger partial charge on any atom is 0.237 e. The molecule has 3 aromatic carbocycles. The maximum atomic E-state index is 13.3. The van der Waals surface area contributed by atoms with Crippen LogP contribution in [0.4, 0.5) is 0 Å². The Bertz CT molecular complexity index is 1560. The number of hydrogen-bond donors (Lipinski definition) is 0. The average Bonchev–Trinajstić information content (AvgIpc) is 3.41. The predicted molar refractivity (Wildman–Crippen MR) is 140 cm³/mol. The number of carbonyl (C=O) groups excluding carboxylic acids is 2. The van der Waals surface area contributed by atoms with Crippen molar-refractivity contribution in [2.75, 3.05) is 13.2 Å². The molecular formula is C31H28O6. The van der Waals surface area contributed by atoms with Gasteiger partial charge in [0.05, 0.1) is 25.4 Å². The summed E-state index contributed by atoms with van der Waals surface area (Å²) in [5.74, 6) is -0.509. The fraction of sp³-hybridized carbons (Fsp3) is 0.290. The van der Waals surface area contributed by atoms with Gasteiger partial charge in [0.25, 0.3) is 0 Å². The maximum absolute atomic E-state index is 13.3. The zero-order valence-electron chi connectivity index (χ0n) is 21.3. The first-order valence-corrected chi connectivity index (χ1v) is 12.5. The summed E-state index contributed by atoms with van der Waals surface area (Å²) in [4.78, 5) is 26.5. The SMILES string of the molecule is Cc1c(-c2ccc(COCC3COC(C)(C)O3)cc2)oc2c1C(=O)C(=O)c1c-2ccc2c(C)cccc12. The summed E-state index contributed by atoms with van der Waals surface area (Å²) in [5.41, 5.74) is 5.02. The van der Waals surface area contributed by atoms with Gasteiger partial charge in [0.1, 0.15) is 17.6 Å². The first-order chi connectivity index (χ1) is 17.7. The Labute approximate surface area is 215 Å². The summed E-state index contributed by atoms with van der Waals surface area (Å²) >= 11 is 0. The van der Waals surface area contributed by atoms with Crippen molar-refractivity contribution in [2.45, 2.75) is 46.2 Å². The van der Waals surface area contributed by atoms with E-state index in [1.165, 1.54) is 0 Å². The van der Waals surface area contributed by atoms with Crippen molar-refractivity contribution in [2.24, 2.45) is 0 Å². The summed E-state index contributed by atoms with van der Waals surface area (Å²) in [7, 11) is 0. The molecule has 2 heterocycles. The third kappa shape index (κ3) is 4.02. The molecule has 1 aliphatic heterocycles. The molecule has 0 spiro atoms. The second kappa shape index (κ2) is 8.77. The highest BCUT2D eigenvalue weighted by molar-refractivity contribution is 6.54. The molecule has 1 atom stereocenters. The van der Waals surface area contributed by atoms with Gasteiger partial charge in [-0.15, -0.1) is 0 Å². The molecule has 6 rings (SSSR count). The molecule has 0 bridgehead atoms. The zero-order valence-corrected chi connectivity index (χ0v) is 21.3. The Balaban J connectivity index is 1.28. The van der Waals surface area contributed by atoms with Crippen LogP contribution in [-0.2, 0) is 20.8 Å². The Morgan fingerprint density at radius 1 is 0.892 bits per heavy atom. The van der Waals surface area contributed by atoms with Crippen LogP contribution in [0.5, 0.6) is 0 Å². The highest BCUT2D eigenvalue weighted by atomic mass is 16.7. The molecule has 0 saturated carbocycles. The lowest BCUT2D eigenvalue weighted by Crippen LogP contribution is -2.24. The molecule has 188 valence electrons. The Morgan fingerprint density at radius 2 is 1.65 bits per heavy atom. The molecular weight excluding hydrogens is 468 g/mol. The molecule has 37 heavy (non-hydrogen) atoms. The van der Waals surface area contributed by atoms with Crippen LogP contribution in [0.3, 0.4) is 0 Å². The molecule has 2 aliphatic rings. The molecule has 0 N–H and O–H groups in total. The highest BCUT2D eigenvalue weighted by Gasteiger charge is 2.37. The largest absolute Gasteiger partial charge is 0.455 e. The number of rotatable bonds is 5. The van der Waals surface area contributed by atoms with Crippen LogP contribution in [0, 0.1) is 13.8 Å². The Morgan fingerprint density at radius 3 is 2.38 bits per heavy atom. The molecule has 1 saturated heterocycles. The van der Waals surface area contributed by atoms with E-state index >= 15 is 0 Å². The average molecular weight is 497 g/mol. The Kier molecular flexibility index (Phi) is 5.64. The minimum atomic E-state index is -0.561. The summed E-state index contributed by atoms with van der Waals surface area (Å²) in [6.07, 6.45) is -0.0736. The number of aryl methyl sites for hydroxylation is 1. The molecule has 1 fully saturated rings. The number of Topliss-reactive ketones (excluding diaryl/α,β-unsaturated/α-hetero) is 2. The molecule has 1 unspecified atom stereocenters. The summed E-state index contributed by atoms with van der Waals surface area (Å²) < 4.78 is 23.5. The number of carbonyl (C=O) groups is 2. The van der Waals surface area contributed by atoms with Crippen molar-refractivity contribution in [1.82, 2.24) is 0 Å². The number of ether oxygens (including phenoxy) is 3. The van der Waals surface area contributed by atoms with E-state index in [0.717, 1.165) is 27.5 Å². The second-order valence-electron chi connectivity index (χ2n) is 10.2. The first-order valence-electron chi connectivity index (χ1n) is 12.5. The Hall–Kier alpha value is -3.58.